The molecular formula is C26H43N3O5. The molecule has 1 aromatic rings. The third kappa shape index (κ3) is 8.97. The molecule has 3 N–H and O–H groups in total. The minimum Gasteiger partial charge on any atom is -0.444 e. The molecule has 3 amide bonds. The first-order valence-electron chi connectivity index (χ1n) is 11.9. The molecule has 1 rings (SSSR count). The molecule has 0 aromatic heterocycles. The number of ether oxygens (including phenoxy) is 1. The Bertz CT molecular complexity index is 835. The number of nitrogens with one attached hydrogen (secondary N) is 2. The van der Waals surface area contributed by atoms with Crippen LogP contribution >= 0.6 is 0 Å². The second-order valence-corrected chi connectivity index (χ2v) is 10.7. The van der Waals surface area contributed by atoms with Crippen molar-refractivity contribution in [1.82, 2.24) is 15.5 Å². The zero-order valence-electron chi connectivity index (χ0n) is 22.2. The summed E-state index contributed by atoms with van der Waals surface area (Å²) in [6.45, 7) is 16.3. The lowest BCUT2D eigenvalue weighted by Crippen LogP contribution is -2.56. The first kappa shape index (κ1) is 29.4. The summed E-state index contributed by atoms with van der Waals surface area (Å²) in [4.78, 5) is 41.1. The van der Waals surface area contributed by atoms with Crippen LogP contribution in [0.25, 0.3) is 0 Å². The van der Waals surface area contributed by atoms with Crippen LogP contribution in [0.1, 0.15) is 84.0 Å². The molecule has 34 heavy (non-hydrogen) atoms. The molecule has 0 saturated carbocycles. The molecule has 0 aliphatic heterocycles. The summed E-state index contributed by atoms with van der Waals surface area (Å²) >= 11 is 0. The van der Waals surface area contributed by atoms with Gasteiger partial charge in [0.2, 0.25) is 11.8 Å². The van der Waals surface area contributed by atoms with E-state index in [4.69, 9.17) is 4.74 Å². The quantitative estimate of drug-likeness (QED) is 0.502. The first-order valence-corrected chi connectivity index (χ1v) is 11.9. The van der Waals surface area contributed by atoms with Crippen LogP contribution in [0, 0.1) is 13.8 Å². The number of carbonyl (C=O) groups excluding carboxylic acids is 3. The van der Waals surface area contributed by atoms with E-state index in [1.807, 2.05) is 59.7 Å². The third-order valence-electron chi connectivity index (χ3n) is 5.08. The number of benzene rings is 1. The van der Waals surface area contributed by atoms with Crippen LogP contribution < -0.4 is 10.6 Å². The normalized spacial score (nSPS) is 13.6. The number of alkyl carbamates (subject to hydrolysis) is 1. The van der Waals surface area contributed by atoms with Crippen molar-refractivity contribution >= 4 is 17.9 Å². The van der Waals surface area contributed by atoms with Crippen molar-refractivity contribution in [2.24, 2.45) is 0 Å². The Morgan fingerprint density at radius 3 is 2.06 bits per heavy atom. The average molecular weight is 478 g/mol. The monoisotopic (exact) mass is 477 g/mol. The van der Waals surface area contributed by atoms with Crippen molar-refractivity contribution in [3.63, 3.8) is 0 Å². The number of amides is 3. The molecule has 2 atom stereocenters. The zero-order valence-corrected chi connectivity index (χ0v) is 22.2. The number of aryl methyl sites for hydroxylation is 2. The number of unbranched alkanes of at least 4 members (excludes halogenated alkanes) is 1. The smallest absolute Gasteiger partial charge is 0.408 e. The fourth-order valence-corrected chi connectivity index (χ4v) is 3.66. The van der Waals surface area contributed by atoms with Crippen LogP contribution in [0.3, 0.4) is 0 Å². The second-order valence-electron chi connectivity index (χ2n) is 10.7. The molecule has 192 valence electrons. The van der Waals surface area contributed by atoms with Gasteiger partial charge in [0, 0.05) is 12.1 Å². The van der Waals surface area contributed by atoms with Gasteiger partial charge in [-0.05, 0) is 78.5 Å². The van der Waals surface area contributed by atoms with E-state index < -0.39 is 41.8 Å². The zero-order chi connectivity index (χ0) is 26.3. The predicted molar refractivity (Wildman–Crippen MR) is 133 cm³/mol. The Labute approximate surface area is 204 Å². The predicted octanol–water partition coefficient (Wildman–Crippen LogP) is 3.77. The van der Waals surface area contributed by atoms with Gasteiger partial charge in [-0.3, -0.25) is 9.59 Å². The van der Waals surface area contributed by atoms with Crippen LogP contribution in [-0.4, -0.2) is 58.2 Å². The maximum atomic E-state index is 13.7. The molecule has 0 spiro atoms. The van der Waals surface area contributed by atoms with Gasteiger partial charge in [-0.15, -0.1) is 0 Å². The summed E-state index contributed by atoms with van der Waals surface area (Å²) in [5, 5.41) is 15.5. The number of rotatable bonds is 9. The van der Waals surface area contributed by atoms with Crippen LogP contribution in [0.4, 0.5) is 4.79 Å². The van der Waals surface area contributed by atoms with Crippen LogP contribution in [0.2, 0.25) is 0 Å². The maximum absolute atomic E-state index is 13.7. The van der Waals surface area contributed by atoms with Crippen molar-refractivity contribution in [3.05, 3.63) is 34.9 Å². The molecule has 0 saturated heterocycles. The number of carbonyl (C=O) groups is 3. The minimum atomic E-state index is -1.25. The van der Waals surface area contributed by atoms with E-state index in [9.17, 15) is 19.5 Å². The molecule has 8 nitrogen and oxygen atoms in total. The Kier molecular flexibility index (Phi) is 10.6. The van der Waals surface area contributed by atoms with Gasteiger partial charge in [0.15, 0.2) is 0 Å². The van der Waals surface area contributed by atoms with Gasteiger partial charge in [-0.1, -0.05) is 31.5 Å². The van der Waals surface area contributed by atoms with Crippen LogP contribution in [0.15, 0.2) is 18.2 Å². The van der Waals surface area contributed by atoms with Gasteiger partial charge < -0.3 is 25.4 Å². The number of hydrogen-bond donors (Lipinski definition) is 3. The number of aliphatic hydroxyl groups is 1. The lowest BCUT2D eigenvalue weighted by molar-refractivity contribution is -0.144. The molecule has 0 aliphatic rings. The molecule has 0 fully saturated rings. The number of nitrogens with zero attached hydrogens (tertiary/aromatic N) is 1. The van der Waals surface area contributed by atoms with E-state index in [2.05, 4.69) is 10.6 Å². The van der Waals surface area contributed by atoms with Crippen LogP contribution in [-0.2, 0) is 14.3 Å². The highest BCUT2D eigenvalue weighted by atomic mass is 16.6. The van der Waals surface area contributed by atoms with Crippen molar-refractivity contribution in [3.8, 4) is 0 Å². The number of aliphatic hydroxyl groups excluding tert-OH is 1. The second kappa shape index (κ2) is 12.2. The number of hydrogen-bond acceptors (Lipinski definition) is 5. The third-order valence-corrected chi connectivity index (χ3v) is 5.08. The minimum absolute atomic E-state index is 0.290. The van der Waals surface area contributed by atoms with Crippen molar-refractivity contribution in [1.29, 1.82) is 0 Å². The fraction of sp³-hybridized carbons (Fsp3) is 0.654. The van der Waals surface area contributed by atoms with E-state index in [-0.39, 0.29) is 12.5 Å². The highest BCUT2D eigenvalue weighted by Crippen LogP contribution is 2.29. The summed E-state index contributed by atoms with van der Waals surface area (Å²) in [5.41, 5.74) is 1.22. The van der Waals surface area contributed by atoms with Gasteiger partial charge >= 0.3 is 6.09 Å². The van der Waals surface area contributed by atoms with E-state index in [1.54, 1.807) is 20.8 Å². The van der Waals surface area contributed by atoms with Crippen molar-refractivity contribution < 1.29 is 24.2 Å². The van der Waals surface area contributed by atoms with E-state index in [1.165, 1.54) is 4.90 Å². The van der Waals surface area contributed by atoms with E-state index in [0.717, 1.165) is 23.1 Å². The molecule has 0 radical (unpaired) electrons. The van der Waals surface area contributed by atoms with Crippen molar-refractivity contribution in [2.45, 2.75) is 98.4 Å². The van der Waals surface area contributed by atoms with Gasteiger partial charge in [-0.25, -0.2) is 4.79 Å². The van der Waals surface area contributed by atoms with Gasteiger partial charge in [0.05, 0.1) is 6.61 Å². The molecule has 0 heterocycles. The highest BCUT2D eigenvalue weighted by Gasteiger charge is 2.38. The molecule has 8 heteroatoms. The van der Waals surface area contributed by atoms with E-state index >= 15 is 0 Å². The summed E-state index contributed by atoms with van der Waals surface area (Å²) in [6.07, 6.45) is 0.645. The SMILES string of the molecule is CCCCN(C(=O)C(CO)NC(=O)OC(C)(C)C)C(C(=O)NC(C)(C)C)c1c(C)cccc1C. The molecule has 2 unspecified atom stereocenters. The topological polar surface area (TPSA) is 108 Å². The average Bonchev–Trinajstić information content (AvgIpc) is 2.67. The van der Waals surface area contributed by atoms with E-state index in [0.29, 0.717) is 6.42 Å². The summed E-state index contributed by atoms with van der Waals surface area (Å²) in [6, 6.07) is 3.55. The maximum Gasteiger partial charge on any atom is 0.408 e. The summed E-state index contributed by atoms with van der Waals surface area (Å²) < 4.78 is 5.27. The standard InChI is InChI=1S/C26H43N3O5/c1-10-11-15-29(23(32)19(16-30)27-24(33)34-26(7,8)9)21(22(31)28-25(4,5)6)20-17(2)13-12-14-18(20)3/h12-14,19,21,30H,10-11,15-16H2,1-9H3,(H,27,33)(H,28,31). The molecule has 1 aromatic carbocycles. The van der Waals surface area contributed by atoms with Gasteiger partial charge in [-0.2, -0.15) is 0 Å². The molecular weight excluding hydrogens is 434 g/mol. The first-order chi connectivity index (χ1) is 15.6. The van der Waals surface area contributed by atoms with Gasteiger partial charge in [0.1, 0.15) is 17.7 Å². The summed E-state index contributed by atoms with van der Waals surface area (Å²) in [7, 11) is 0. The lowest BCUT2D eigenvalue weighted by atomic mass is 9.92. The largest absolute Gasteiger partial charge is 0.444 e. The Morgan fingerprint density at radius 2 is 1.62 bits per heavy atom. The highest BCUT2D eigenvalue weighted by molar-refractivity contribution is 5.92. The van der Waals surface area contributed by atoms with Crippen molar-refractivity contribution in [2.75, 3.05) is 13.2 Å². The molecule has 0 aliphatic carbocycles. The Morgan fingerprint density at radius 1 is 1.06 bits per heavy atom. The Hall–Kier alpha value is -2.61. The lowest BCUT2D eigenvalue weighted by Gasteiger charge is -2.37. The summed E-state index contributed by atoms with van der Waals surface area (Å²) in [5.74, 6) is -0.859. The Balaban J connectivity index is 3.51. The fourth-order valence-electron chi connectivity index (χ4n) is 3.66. The van der Waals surface area contributed by atoms with Gasteiger partial charge in [0.25, 0.3) is 0 Å². The molecule has 0 bridgehead atoms. The van der Waals surface area contributed by atoms with Crippen LogP contribution in [0.5, 0.6) is 0 Å².